The largest absolute Gasteiger partial charge is 0.339 e. The minimum atomic E-state index is -0.134. The van der Waals surface area contributed by atoms with Gasteiger partial charge in [0.15, 0.2) is 0 Å². The minimum absolute atomic E-state index is 0.0361. The number of carbonyl (C=O) groups is 2. The molecule has 35 heavy (non-hydrogen) atoms. The summed E-state index contributed by atoms with van der Waals surface area (Å²) in [4.78, 5) is 51.4. The lowest BCUT2D eigenvalue weighted by Crippen LogP contribution is -2.50. The fourth-order valence-corrected chi connectivity index (χ4v) is 5.16. The second-order valence-electron chi connectivity index (χ2n) is 8.58. The third-order valence-electron chi connectivity index (χ3n) is 6.29. The smallest absolute Gasteiger partial charge is 0.272 e. The Morgan fingerprint density at radius 2 is 1.71 bits per heavy atom. The zero-order chi connectivity index (χ0) is 24.4. The van der Waals surface area contributed by atoms with Crippen LogP contribution in [0.2, 0.25) is 0 Å². The fraction of sp³-hybridized carbons (Fsp3) is 0.269. The van der Waals surface area contributed by atoms with E-state index in [0.717, 1.165) is 16.7 Å². The molecule has 1 fully saturated rings. The van der Waals surface area contributed by atoms with Crippen molar-refractivity contribution in [3.8, 4) is 11.1 Å². The number of amides is 2. The van der Waals surface area contributed by atoms with Crippen LogP contribution in [0.3, 0.4) is 0 Å². The summed E-state index contributed by atoms with van der Waals surface area (Å²) in [6.07, 6.45) is 3.32. The molecule has 3 aromatic heterocycles. The Morgan fingerprint density at radius 1 is 0.971 bits per heavy atom. The molecular formula is C26H25N5O3S. The van der Waals surface area contributed by atoms with Crippen molar-refractivity contribution in [2.45, 2.75) is 19.9 Å². The lowest BCUT2D eigenvalue weighted by atomic mass is 10.1. The van der Waals surface area contributed by atoms with Crippen LogP contribution in [0.5, 0.6) is 0 Å². The first kappa shape index (κ1) is 22.9. The molecule has 0 unspecified atom stereocenters. The van der Waals surface area contributed by atoms with Gasteiger partial charge in [0.2, 0.25) is 5.91 Å². The molecule has 0 aliphatic carbocycles. The summed E-state index contributed by atoms with van der Waals surface area (Å²) in [6, 6.07) is 13.3. The topological polar surface area (TPSA) is 88.4 Å². The Hall–Kier alpha value is -3.85. The Kier molecular flexibility index (Phi) is 6.41. The molecule has 0 spiro atoms. The van der Waals surface area contributed by atoms with Crippen molar-refractivity contribution < 1.29 is 9.59 Å². The van der Waals surface area contributed by atoms with Gasteiger partial charge in [-0.2, -0.15) is 0 Å². The predicted octanol–water partition coefficient (Wildman–Crippen LogP) is 3.20. The molecule has 1 aliphatic rings. The minimum Gasteiger partial charge on any atom is -0.339 e. The van der Waals surface area contributed by atoms with Crippen LogP contribution in [0.25, 0.3) is 21.3 Å². The Balaban J connectivity index is 1.24. The first-order chi connectivity index (χ1) is 17.0. The summed E-state index contributed by atoms with van der Waals surface area (Å²) in [7, 11) is 0. The lowest BCUT2D eigenvalue weighted by molar-refractivity contribution is -0.132. The maximum absolute atomic E-state index is 13.2. The van der Waals surface area contributed by atoms with Crippen LogP contribution in [0.4, 0.5) is 0 Å². The quantitative estimate of drug-likeness (QED) is 0.431. The van der Waals surface area contributed by atoms with E-state index in [4.69, 9.17) is 0 Å². The standard InChI is InChI=1S/C26H25N5O3S/c1-18-5-7-19(8-6-18)20-16-35-24-23(20)26(34)31(17-28-24)11-9-22(32)29-12-14-30(15-13-29)25(33)21-4-2-3-10-27-21/h2-8,10,16-17H,9,11-15H2,1H3. The van der Waals surface area contributed by atoms with Crippen molar-refractivity contribution in [2.75, 3.05) is 26.2 Å². The Bertz CT molecular complexity index is 1420. The molecule has 178 valence electrons. The maximum atomic E-state index is 13.2. The number of piperazine rings is 1. The second kappa shape index (κ2) is 9.79. The van der Waals surface area contributed by atoms with E-state index in [-0.39, 0.29) is 30.3 Å². The van der Waals surface area contributed by atoms with Gasteiger partial charge in [-0.25, -0.2) is 4.98 Å². The molecule has 0 atom stereocenters. The highest BCUT2D eigenvalue weighted by atomic mass is 32.1. The molecule has 0 bridgehead atoms. The molecule has 8 nitrogen and oxygen atoms in total. The van der Waals surface area contributed by atoms with E-state index in [1.165, 1.54) is 22.2 Å². The SMILES string of the molecule is Cc1ccc(-c2csc3ncn(CCC(=O)N4CCN(C(=O)c5ccccn5)CC4)c(=O)c23)cc1. The number of thiophene rings is 1. The number of nitrogens with zero attached hydrogens (tertiary/aromatic N) is 5. The number of aryl methyl sites for hydroxylation is 2. The van der Waals surface area contributed by atoms with Gasteiger partial charge >= 0.3 is 0 Å². The van der Waals surface area contributed by atoms with Crippen molar-refractivity contribution in [1.82, 2.24) is 24.3 Å². The molecule has 0 N–H and O–H groups in total. The summed E-state index contributed by atoms with van der Waals surface area (Å²) in [5.41, 5.74) is 3.28. The number of hydrogen-bond acceptors (Lipinski definition) is 6. The normalized spacial score (nSPS) is 13.9. The van der Waals surface area contributed by atoms with E-state index in [1.807, 2.05) is 36.6 Å². The predicted molar refractivity (Wildman–Crippen MR) is 135 cm³/mol. The second-order valence-corrected chi connectivity index (χ2v) is 9.43. The van der Waals surface area contributed by atoms with Crippen molar-refractivity contribution in [3.05, 3.63) is 82.0 Å². The molecule has 4 heterocycles. The van der Waals surface area contributed by atoms with Crippen molar-refractivity contribution in [1.29, 1.82) is 0 Å². The van der Waals surface area contributed by atoms with Gasteiger partial charge in [0.05, 0.1) is 11.7 Å². The molecule has 9 heteroatoms. The van der Waals surface area contributed by atoms with E-state index in [1.54, 1.807) is 34.2 Å². The van der Waals surface area contributed by atoms with Gasteiger partial charge < -0.3 is 9.80 Å². The third-order valence-corrected chi connectivity index (χ3v) is 7.18. The zero-order valence-corrected chi connectivity index (χ0v) is 20.2. The molecule has 2 amide bonds. The average molecular weight is 488 g/mol. The molecule has 1 aromatic carbocycles. The lowest BCUT2D eigenvalue weighted by Gasteiger charge is -2.34. The number of rotatable bonds is 5. The van der Waals surface area contributed by atoms with Crippen LogP contribution in [0.1, 0.15) is 22.5 Å². The number of aromatic nitrogens is 3. The Morgan fingerprint density at radius 3 is 2.43 bits per heavy atom. The van der Waals surface area contributed by atoms with Gasteiger partial charge in [0.1, 0.15) is 10.5 Å². The highest BCUT2D eigenvalue weighted by molar-refractivity contribution is 7.17. The maximum Gasteiger partial charge on any atom is 0.272 e. The fourth-order valence-electron chi connectivity index (χ4n) is 4.26. The van der Waals surface area contributed by atoms with Crippen molar-refractivity contribution in [3.63, 3.8) is 0 Å². The van der Waals surface area contributed by atoms with Gasteiger partial charge in [-0.3, -0.25) is 23.9 Å². The van der Waals surface area contributed by atoms with Crippen molar-refractivity contribution >= 4 is 33.4 Å². The van der Waals surface area contributed by atoms with E-state index in [9.17, 15) is 14.4 Å². The average Bonchev–Trinajstić information content (AvgIpc) is 3.34. The van der Waals surface area contributed by atoms with E-state index < -0.39 is 0 Å². The van der Waals surface area contributed by atoms with Gasteiger partial charge in [-0.1, -0.05) is 35.9 Å². The molecule has 0 saturated carbocycles. The van der Waals surface area contributed by atoms with Crippen LogP contribution in [0.15, 0.2) is 65.2 Å². The number of hydrogen-bond donors (Lipinski definition) is 0. The molecular weight excluding hydrogens is 462 g/mol. The van der Waals surface area contributed by atoms with E-state index in [2.05, 4.69) is 9.97 Å². The number of benzene rings is 1. The van der Waals surface area contributed by atoms with Crippen LogP contribution in [-0.4, -0.2) is 62.3 Å². The van der Waals surface area contributed by atoms with Gasteiger partial charge in [-0.05, 0) is 24.6 Å². The van der Waals surface area contributed by atoms with Crippen LogP contribution in [-0.2, 0) is 11.3 Å². The van der Waals surface area contributed by atoms with E-state index >= 15 is 0 Å². The first-order valence-electron chi connectivity index (χ1n) is 11.5. The summed E-state index contributed by atoms with van der Waals surface area (Å²) in [5.74, 6) is -0.158. The zero-order valence-electron chi connectivity index (χ0n) is 19.4. The van der Waals surface area contributed by atoms with Gasteiger partial charge in [0.25, 0.3) is 11.5 Å². The summed E-state index contributed by atoms with van der Waals surface area (Å²) >= 11 is 1.45. The van der Waals surface area contributed by atoms with Crippen LogP contribution >= 0.6 is 11.3 Å². The molecule has 1 saturated heterocycles. The van der Waals surface area contributed by atoms with Crippen LogP contribution in [0, 0.1) is 6.92 Å². The highest BCUT2D eigenvalue weighted by Gasteiger charge is 2.25. The summed E-state index contributed by atoms with van der Waals surface area (Å²) < 4.78 is 1.52. The molecule has 1 aliphatic heterocycles. The molecule has 5 rings (SSSR count). The third kappa shape index (κ3) is 4.72. The Labute approximate surface area is 206 Å². The number of carbonyl (C=O) groups excluding carboxylic acids is 2. The van der Waals surface area contributed by atoms with E-state index in [0.29, 0.717) is 42.1 Å². The number of pyridine rings is 1. The first-order valence-corrected chi connectivity index (χ1v) is 12.4. The summed E-state index contributed by atoms with van der Waals surface area (Å²) in [6.45, 7) is 4.14. The monoisotopic (exact) mass is 487 g/mol. The highest BCUT2D eigenvalue weighted by Crippen LogP contribution is 2.30. The van der Waals surface area contributed by atoms with Gasteiger partial charge in [0, 0.05) is 56.3 Å². The van der Waals surface area contributed by atoms with Gasteiger partial charge in [-0.15, -0.1) is 11.3 Å². The van der Waals surface area contributed by atoms with Crippen LogP contribution < -0.4 is 5.56 Å². The summed E-state index contributed by atoms with van der Waals surface area (Å²) in [5, 5.41) is 2.56. The van der Waals surface area contributed by atoms with Crippen molar-refractivity contribution in [2.24, 2.45) is 0 Å². The number of fused-ring (bicyclic) bond motifs is 1. The molecule has 4 aromatic rings. The molecule has 0 radical (unpaired) electrons.